The molecule has 3 aromatic rings. The molecular weight excluding hydrogens is 330 g/mol. The van der Waals surface area contributed by atoms with Crippen LogP contribution in [0.1, 0.15) is 11.3 Å². The van der Waals surface area contributed by atoms with Gasteiger partial charge in [-0.1, -0.05) is 18.2 Å². The van der Waals surface area contributed by atoms with E-state index in [1.54, 1.807) is 6.20 Å². The van der Waals surface area contributed by atoms with E-state index in [9.17, 15) is 0 Å². The Morgan fingerprint density at radius 3 is 2.62 bits per heavy atom. The van der Waals surface area contributed by atoms with Crippen LogP contribution in [0.3, 0.4) is 0 Å². The van der Waals surface area contributed by atoms with E-state index in [0.29, 0.717) is 0 Å². The normalized spacial score (nSPS) is 11.0. The summed E-state index contributed by atoms with van der Waals surface area (Å²) in [6, 6.07) is 10.1. The van der Waals surface area contributed by atoms with Gasteiger partial charge in [0, 0.05) is 18.3 Å². The second kappa shape index (κ2) is 5.83. The van der Waals surface area contributed by atoms with Gasteiger partial charge in [-0.3, -0.25) is 0 Å². The maximum Gasteiger partial charge on any atom is 0.161 e. The van der Waals surface area contributed by atoms with Crippen LogP contribution in [0, 0.1) is 6.92 Å². The van der Waals surface area contributed by atoms with Crippen LogP contribution in [0.25, 0.3) is 11.5 Å². The molecule has 5 nitrogen and oxygen atoms in total. The Morgan fingerprint density at radius 2 is 2.00 bits per heavy atom. The largest absolute Gasteiger partial charge is 0.315 e. The van der Waals surface area contributed by atoms with Crippen molar-refractivity contribution in [3.05, 3.63) is 58.5 Å². The van der Waals surface area contributed by atoms with E-state index in [2.05, 4.69) is 31.4 Å². The number of aryl methyl sites for hydroxylation is 1. The lowest BCUT2D eigenvalue weighted by Gasteiger charge is -2.09. The maximum absolute atomic E-state index is 4.69. The fourth-order valence-corrected chi connectivity index (χ4v) is 2.62. The Bertz CT molecular complexity index is 745. The Morgan fingerprint density at radius 1 is 1.24 bits per heavy atom. The average Bonchev–Trinajstić information content (AvgIpc) is 3.05. The molecule has 1 N–H and O–H groups in total. The van der Waals surface area contributed by atoms with E-state index in [0.717, 1.165) is 33.8 Å². The van der Waals surface area contributed by atoms with Gasteiger partial charge in [-0.15, -0.1) is 0 Å². The van der Waals surface area contributed by atoms with E-state index >= 15 is 0 Å². The van der Waals surface area contributed by atoms with Crippen molar-refractivity contribution < 1.29 is 0 Å². The smallest absolute Gasteiger partial charge is 0.161 e. The van der Waals surface area contributed by atoms with E-state index in [-0.39, 0.29) is 0 Å². The Balaban J connectivity index is 2.23. The van der Waals surface area contributed by atoms with Gasteiger partial charge in [0.05, 0.1) is 22.1 Å². The van der Waals surface area contributed by atoms with Gasteiger partial charge in [-0.2, -0.15) is 10.2 Å². The fourth-order valence-electron chi connectivity index (χ4n) is 2.33. The topological polar surface area (TPSA) is 47.7 Å². The van der Waals surface area contributed by atoms with Crippen molar-refractivity contribution in [1.82, 2.24) is 24.9 Å². The molecule has 3 rings (SSSR count). The minimum atomic E-state index is 0.742. The lowest BCUT2D eigenvalue weighted by Crippen LogP contribution is -2.12. The molecule has 1 aromatic carbocycles. The van der Waals surface area contributed by atoms with Gasteiger partial charge in [-0.25, -0.2) is 9.36 Å². The third-order valence-corrected chi connectivity index (χ3v) is 3.69. The quantitative estimate of drug-likeness (QED) is 0.790. The minimum Gasteiger partial charge on any atom is -0.315 e. The summed E-state index contributed by atoms with van der Waals surface area (Å²) in [5.41, 5.74) is 3.15. The van der Waals surface area contributed by atoms with Crippen LogP contribution in [0.5, 0.6) is 0 Å². The summed E-state index contributed by atoms with van der Waals surface area (Å²) in [7, 11) is 1.93. The summed E-state index contributed by atoms with van der Waals surface area (Å²) in [4.78, 5) is 0. The SMILES string of the molecule is CNCc1c(C)nn(-c2ccccc2)c1-n1cc(Br)cn1. The van der Waals surface area contributed by atoms with E-state index < -0.39 is 0 Å². The number of para-hydroxylation sites is 1. The van der Waals surface area contributed by atoms with Gasteiger partial charge in [0.2, 0.25) is 0 Å². The lowest BCUT2D eigenvalue weighted by molar-refractivity contribution is 0.744. The third kappa shape index (κ3) is 2.64. The number of benzene rings is 1. The number of halogens is 1. The first kappa shape index (κ1) is 14.0. The number of nitrogens with one attached hydrogen (secondary N) is 1. The number of aromatic nitrogens is 4. The van der Waals surface area contributed by atoms with Crippen molar-refractivity contribution in [2.75, 3.05) is 7.05 Å². The molecule has 0 spiro atoms. The number of nitrogens with zero attached hydrogens (tertiary/aromatic N) is 4. The summed E-state index contributed by atoms with van der Waals surface area (Å²) in [5, 5.41) is 12.3. The molecule has 2 aromatic heterocycles. The minimum absolute atomic E-state index is 0.742. The summed E-state index contributed by atoms with van der Waals surface area (Å²) < 4.78 is 4.72. The highest BCUT2D eigenvalue weighted by atomic mass is 79.9. The first-order chi connectivity index (χ1) is 10.2. The number of hydrogen-bond acceptors (Lipinski definition) is 3. The monoisotopic (exact) mass is 345 g/mol. The zero-order valence-corrected chi connectivity index (χ0v) is 13.5. The molecular formula is C15H16BrN5. The number of rotatable bonds is 4. The van der Waals surface area contributed by atoms with Gasteiger partial charge >= 0.3 is 0 Å². The molecule has 0 aliphatic heterocycles. The molecule has 108 valence electrons. The molecule has 2 heterocycles. The number of hydrogen-bond donors (Lipinski definition) is 1. The highest BCUT2D eigenvalue weighted by Gasteiger charge is 2.18. The summed E-state index contributed by atoms with van der Waals surface area (Å²) in [6.07, 6.45) is 3.72. The van der Waals surface area contributed by atoms with Crippen molar-refractivity contribution in [3.63, 3.8) is 0 Å². The van der Waals surface area contributed by atoms with Crippen molar-refractivity contribution in [1.29, 1.82) is 0 Å². The lowest BCUT2D eigenvalue weighted by atomic mass is 10.2. The fraction of sp³-hybridized carbons (Fsp3) is 0.200. The molecule has 0 aliphatic rings. The van der Waals surface area contributed by atoms with Gasteiger partial charge in [-0.05, 0) is 42.0 Å². The highest BCUT2D eigenvalue weighted by Crippen LogP contribution is 2.23. The molecule has 0 aliphatic carbocycles. The second-order valence-corrected chi connectivity index (χ2v) is 5.68. The zero-order valence-electron chi connectivity index (χ0n) is 11.9. The van der Waals surface area contributed by atoms with Gasteiger partial charge < -0.3 is 5.32 Å². The van der Waals surface area contributed by atoms with Crippen LogP contribution in [0.2, 0.25) is 0 Å². The Hall–Kier alpha value is -1.92. The molecule has 21 heavy (non-hydrogen) atoms. The molecule has 0 saturated carbocycles. The van der Waals surface area contributed by atoms with E-state index in [1.807, 2.05) is 59.9 Å². The molecule has 0 fully saturated rings. The molecule has 0 radical (unpaired) electrons. The van der Waals surface area contributed by atoms with Gasteiger partial charge in [0.1, 0.15) is 0 Å². The highest BCUT2D eigenvalue weighted by molar-refractivity contribution is 9.10. The molecule has 0 saturated heterocycles. The summed E-state index contributed by atoms with van der Waals surface area (Å²) in [5.74, 6) is 0.957. The molecule has 0 atom stereocenters. The van der Waals surface area contributed by atoms with Crippen LogP contribution in [-0.4, -0.2) is 26.6 Å². The second-order valence-electron chi connectivity index (χ2n) is 4.77. The zero-order chi connectivity index (χ0) is 14.8. The first-order valence-corrected chi connectivity index (χ1v) is 7.49. The van der Waals surface area contributed by atoms with Crippen molar-refractivity contribution in [3.8, 4) is 11.5 Å². The maximum atomic E-state index is 4.69. The van der Waals surface area contributed by atoms with Crippen molar-refractivity contribution in [2.45, 2.75) is 13.5 Å². The van der Waals surface area contributed by atoms with Crippen LogP contribution < -0.4 is 5.32 Å². The molecule has 6 heteroatoms. The standard InChI is InChI=1S/C15H16BrN5/c1-11-14(9-17-2)15(20-10-12(16)8-18-20)21(19-11)13-6-4-3-5-7-13/h3-8,10,17H,9H2,1-2H3. The average molecular weight is 346 g/mol. The van der Waals surface area contributed by atoms with Gasteiger partial charge in [0.15, 0.2) is 5.82 Å². The Kier molecular flexibility index (Phi) is 3.90. The van der Waals surface area contributed by atoms with Crippen molar-refractivity contribution in [2.24, 2.45) is 0 Å². The van der Waals surface area contributed by atoms with Crippen LogP contribution in [-0.2, 0) is 6.54 Å². The van der Waals surface area contributed by atoms with E-state index in [1.165, 1.54) is 0 Å². The van der Waals surface area contributed by atoms with Crippen LogP contribution in [0.4, 0.5) is 0 Å². The first-order valence-electron chi connectivity index (χ1n) is 6.69. The van der Waals surface area contributed by atoms with Crippen LogP contribution in [0.15, 0.2) is 47.2 Å². The Labute approximate surface area is 131 Å². The molecule has 0 unspecified atom stereocenters. The predicted octanol–water partition coefficient (Wildman–Crippen LogP) is 2.85. The van der Waals surface area contributed by atoms with Crippen LogP contribution >= 0.6 is 15.9 Å². The van der Waals surface area contributed by atoms with Gasteiger partial charge in [0.25, 0.3) is 0 Å². The summed E-state index contributed by atoms with van der Waals surface area (Å²) in [6.45, 7) is 2.76. The van der Waals surface area contributed by atoms with E-state index in [4.69, 9.17) is 0 Å². The predicted molar refractivity (Wildman–Crippen MR) is 85.9 cm³/mol. The van der Waals surface area contributed by atoms with Crippen molar-refractivity contribution >= 4 is 15.9 Å². The molecule has 0 bridgehead atoms. The molecule has 0 amide bonds. The summed E-state index contributed by atoms with van der Waals surface area (Å²) >= 11 is 3.45. The third-order valence-electron chi connectivity index (χ3n) is 3.28.